The Kier molecular flexibility index (Phi) is 4.49. The highest BCUT2D eigenvalue weighted by Gasteiger charge is 2.47. The van der Waals surface area contributed by atoms with Gasteiger partial charge in [-0.25, -0.2) is 0 Å². The summed E-state index contributed by atoms with van der Waals surface area (Å²) in [5.41, 5.74) is 0.404. The number of nitrogens with zero attached hydrogens (tertiary/aromatic N) is 1. The van der Waals surface area contributed by atoms with E-state index in [2.05, 4.69) is 41.6 Å². The minimum absolute atomic E-state index is 0.404. The Labute approximate surface area is 127 Å². The quantitative estimate of drug-likeness (QED) is 0.863. The molecule has 1 saturated carbocycles. The minimum Gasteiger partial charge on any atom is -0.311 e. The summed E-state index contributed by atoms with van der Waals surface area (Å²) in [5.74, 6) is 0.931. The second kappa shape index (κ2) is 6.17. The third-order valence-corrected chi connectivity index (χ3v) is 6.15. The fraction of sp³-hybridized carbons (Fsp3) is 0.765. The largest absolute Gasteiger partial charge is 0.311 e. The molecule has 0 bridgehead atoms. The zero-order chi connectivity index (χ0) is 14.0. The van der Waals surface area contributed by atoms with Gasteiger partial charge >= 0.3 is 0 Å². The molecule has 1 aliphatic heterocycles. The van der Waals surface area contributed by atoms with Gasteiger partial charge in [0.2, 0.25) is 0 Å². The highest BCUT2D eigenvalue weighted by molar-refractivity contribution is 7.09. The lowest BCUT2D eigenvalue weighted by atomic mass is 9.88. The Morgan fingerprint density at radius 3 is 2.95 bits per heavy atom. The average Bonchev–Trinajstić information content (AvgIpc) is 3.18. The molecule has 2 fully saturated rings. The van der Waals surface area contributed by atoms with Crippen molar-refractivity contribution in [3.63, 3.8) is 0 Å². The average molecular weight is 292 g/mol. The van der Waals surface area contributed by atoms with Crippen LogP contribution in [0.15, 0.2) is 17.5 Å². The van der Waals surface area contributed by atoms with Gasteiger partial charge in [-0.15, -0.1) is 11.3 Å². The highest BCUT2D eigenvalue weighted by atomic mass is 32.1. The van der Waals surface area contributed by atoms with E-state index in [0.29, 0.717) is 11.6 Å². The highest BCUT2D eigenvalue weighted by Crippen LogP contribution is 2.44. The first-order valence-corrected chi connectivity index (χ1v) is 9.11. The number of rotatable bonds is 6. The van der Waals surface area contributed by atoms with Crippen molar-refractivity contribution in [2.24, 2.45) is 5.92 Å². The minimum atomic E-state index is 0.404. The number of piperazine rings is 1. The number of hydrogen-bond acceptors (Lipinski definition) is 3. The molecule has 1 aliphatic carbocycles. The maximum atomic E-state index is 3.82. The van der Waals surface area contributed by atoms with Crippen molar-refractivity contribution in [2.75, 3.05) is 19.6 Å². The second-order valence-electron chi connectivity index (χ2n) is 6.77. The van der Waals surface area contributed by atoms with Crippen molar-refractivity contribution < 1.29 is 0 Å². The standard InChI is InChI=1S/C17H28N2S/c1-3-5-15-12-19(10-9-16-6-4-11-20-16)17(2,13-18-15)14-7-8-14/h4,6,11,14-15,18H,3,5,7-10,12-13H2,1-2H3. The molecule has 1 aromatic heterocycles. The van der Waals surface area contributed by atoms with Crippen molar-refractivity contribution in [3.8, 4) is 0 Å². The summed E-state index contributed by atoms with van der Waals surface area (Å²) in [6, 6.07) is 5.16. The summed E-state index contributed by atoms with van der Waals surface area (Å²) in [6.45, 7) is 8.45. The molecule has 0 aromatic carbocycles. The van der Waals surface area contributed by atoms with E-state index in [4.69, 9.17) is 0 Å². The molecule has 1 N–H and O–H groups in total. The molecule has 0 amide bonds. The van der Waals surface area contributed by atoms with Crippen molar-refractivity contribution in [1.29, 1.82) is 0 Å². The predicted molar refractivity (Wildman–Crippen MR) is 87.4 cm³/mol. The molecule has 20 heavy (non-hydrogen) atoms. The van der Waals surface area contributed by atoms with Gasteiger partial charge in [0.15, 0.2) is 0 Å². The topological polar surface area (TPSA) is 15.3 Å². The molecule has 2 heterocycles. The van der Waals surface area contributed by atoms with E-state index in [-0.39, 0.29) is 0 Å². The lowest BCUT2D eigenvalue weighted by Crippen LogP contribution is -2.64. The molecule has 3 rings (SSSR count). The van der Waals surface area contributed by atoms with Crippen LogP contribution in [0.3, 0.4) is 0 Å². The van der Waals surface area contributed by atoms with E-state index >= 15 is 0 Å². The number of hydrogen-bond donors (Lipinski definition) is 1. The normalized spacial score (nSPS) is 31.6. The van der Waals surface area contributed by atoms with E-state index in [1.54, 1.807) is 0 Å². The smallest absolute Gasteiger partial charge is 0.0334 e. The molecule has 2 atom stereocenters. The van der Waals surface area contributed by atoms with Gasteiger partial charge in [0.05, 0.1) is 0 Å². The number of thiophene rings is 1. The molecule has 112 valence electrons. The van der Waals surface area contributed by atoms with Crippen LogP contribution >= 0.6 is 11.3 Å². The Morgan fingerprint density at radius 2 is 2.30 bits per heavy atom. The molecular formula is C17H28N2S. The van der Waals surface area contributed by atoms with E-state index in [1.165, 1.54) is 56.6 Å². The van der Waals surface area contributed by atoms with Crippen LogP contribution in [-0.4, -0.2) is 36.1 Å². The van der Waals surface area contributed by atoms with Crippen LogP contribution in [0.5, 0.6) is 0 Å². The number of nitrogens with one attached hydrogen (secondary N) is 1. The van der Waals surface area contributed by atoms with Crippen molar-refractivity contribution in [1.82, 2.24) is 10.2 Å². The van der Waals surface area contributed by atoms with Crippen molar-refractivity contribution in [3.05, 3.63) is 22.4 Å². The maximum absolute atomic E-state index is 3.82. The van der Waals surface area contributed by atoms with Gasteiger partial charge in [-0.2, -0.15) is 0 Å². The summed E-state index contributed by atoms with van der Waals surface area (Å²) in [6.07, 6.45) is 6.70. The summed E-state index contributed by atoms with van der Waals surface area (Å²) >= 11 is 1.90. The van der Waals surface area contributed by atoms with Gasteiger partial charge in [-0.1, -0.05) is 19.4 Å². The first-order valence-electron chi connectivity index (χ1n) is 8.23. The Balaban J connectivity index is 1.64. The zero-order valence-corrected chi connectivity index (χ0v) is 13.7. The van der Waals surface area contributed by atoms with E-state index < -0.39 is 0 Å². The Hall–Kier alpha value is -0.380. The Bertz CT molecular complexity index is 413. The molecule has 2 aliphatic rings. The molecule has 0 radical (unpaired) electrons. The monoisotopic (exact) mass is 292 g/mol. The lowest BCUT2D eigenvalue weighted by Gasteiger charge is -2.49. The predicted octanol–water partition coefficient (Wildman–Crippen LogP) is 3.53. The summed E-state index contributed by atoms with van der Waals surface area (Å²) in [7, 11) is 0. The van der Waals surface area contributed by atoms with E-state index in [0.717, 1.165) is 5.92 Å². The third kappa shape index (κ3) is 3.10. The van der Waals surface area contributed by atoms with Crippen LogP contribution in [0.4, 0.5) is 0 Å². The molecule has 2 unspecified atom stereocenters. The fourth-order valence-corrected chi connectivity index (χ4v) is 4.40. The molecule has 1 aromatic rings. The second-order valence-corrected chi connectivity index (χ2v) is 7.81. The van der Waals surface area contributed by atoms with E-state index in [9.17, 15) is 0 Å². The molecular weight excluding hydrogens is 264 g/mol. The van der Waals surface area contributed by atoms with Crippen LogP contribution in [0.1, 0.15) is 44.4 Å². The summed E-state index contributed by atoms with van der Waals surface area (Å²) in [4.78, 5) is 4.34. The summed E-state index contributed by atoms with van der Waals surface area (Å²) in [5, 5.41) is 6.02. The van der Waals surface area contributed by atoms with E-state index in [1.807, 2.05) is 11.3 Å². The maximum Gasteiger partial charge on any atom is 0.0334 e. The van der Waals surface area contributed by atoms with Crippen LogP contribution in [-0.2, 0) is 6.42 Å². The zero-order valence-electron chi connectivity index (χ0n) is 12.9. The van der Waals surface area contributed by atoms with Gasteiger partial charge in [0.1, 0.15) is 0 Å². The fourth-order valence-electron chi connectivity index (χ4n) is 3.70. The molecule has 2 nitrogen and oxygen atoms in total. The Morgan fingerprint density at radius 1 is 1.45 bits per heavy atom. The van der Waals surface area contributed by atoms with Crippen LogP contribution in [0, 0.1) is 5.92 Å². The van der Waals surface area contributed by atoms with Crippen molar-refractivity contribution >= 4 is 11.3 Å². The third-order valence-electron chi connectivity index (χ3n) is 5.21. The van der Waals surface area contributed by atoms with Gasteiger partial charge in [-0.05, 0) is 50.0 Å². The van der Waals surface area contributed by atoms with Gasteiger partial charge in [-0.3, -0.25) is 4.90 Å². The first-order chi connectivity index (χ1) is 9.72. The molecule has 1 saturated heterocycles. The van der Waals surface area contributed by atoms with Gasteiger partial charge < -0.3 is 5.32 Å². The molecule has 3 heteroatoms. The SMILES string of the molecule is CCCC1CN(CCc2cccs2)C(C)(C2CC2)CN1. The van der Waals surface area contributed by atoms with Gasteiger partial charge in [0.25, 0.3) is 0 Å². The molecule has 0 spiro atoms. The summed E-state index contributed by atoms with van der Waals surface area (Å²) < 4.78 is 0. The van der Waals surface area contributed by atoms with Gasteiger partial charge in [0, 0.05) is 36.1 Å². The van der Waals surface area contributed by atoms with Crippen molar-refractivity contribution in [2.45, 2.75) is 57.5 Å². The lowest BCUT2D eigenvalue weighted by molar-refractivity contribution is 0.0343. The first kappa shape index (κ1) is 14.6. The van der Waals surface area contributed by atoms with Crippen LogP contribution in [0.25, 0.3) is 0 Å². The van der Waals surface area contributed by atoms with Crippen LogP contribution < -0.4 is 5.32 Å². The van der Waals surface area contributed by atoms with Crippen LogP contribution in [0.2, 0.25) is 0 Å².